The number of nitrogens with one attached hydrogen (secondary N) is 2. The molecule has 0 atom stereocenters. The number of anilines is 4. The maximum absolute atomic E-state index is 14.1. The summed E-state index contributed by atoms with van der Waals surface area (Å²) in [6.45, 7) is 8.60. The quantitative estimate of drug-likeness (QED) is 0.0942. The highest BCUT2D eigenvalue weighted by atomic mass is 19.1. The number of nitrogens with zero attached hydrogens (tertiary/aromatic N) is 6. The summed E-state index contributed by atoms with van der Waals surface area (Å²) in [6, 6.07) is 27.7. The molecule has 2 aliphatic heterocycles. The Hall–Kier alpha value is -6.58. The number of aryl methyl sites for hydroxylation is 1. The highest BCUT2D eigenvalue weighted by Crippen LogP contribution is 2.37. The Bertz CT molecular complexity index is 2570. The van der Waals surface area contributed by atoms with E-state index in [1.807, 2.05) is 73.9 Å². The molecule has 0 unspecified atom stereocenters. The van der Waals surface area contributed by atoms with Crippen molar-refractivity contribution in [3.63, 3.8) is 0 Å². The van der Waals surface area contributed by atoms with E-state index in [1.165, 1.54) is 31.2 Å². The zero-order valence-corrected chi connectivity index (χ0v) is 35.2. The lowest BCUT2D eigenvalue weighted by Gasteiger charge is -2.35. The van der Waals surface area contributed by atoms with E-state index in [2.05, 4.69) is 15.2 Å². The average Bonchev–Trinajstić information content (AvgIpc) is 3.83. The van der Waals surface area contributed by atoms with Gasteiger partial charge >= 0.3 is 0 Å². The summed E-state index contributed by atoms with van der Waals surface area (Å²) in [5.41, 5.74) is 3.27. The zero-order chi connectivity index (χ0) is 43.8. The van der Waals surface area contributed by atoms with Gasteiger partial charge < -0.3 is 44.5 Å². The number of hydrogen-bond acceptors (Lipinski definition) is 9. The second-order valence-corrected chi connectivity index (χ2v) is 16.9. The minimum Gasteiger partial charge on any atom is -0.492 e. The normalized spacial score (nSPS) is 14.0. The molecule has 2 aliphatic rings. The molecule has 0 fully saturated rings. The highest BCUT2D eigenvalue weighted by molar-refractivity contribution is 5.84. The van der Waals surface area contributed by atoms with Crippen LogP contribution in [0.4, 0.5) is 31.8 Å². The molecular weight excluding hydrogens is 795 g/mol. The number of carbonyl (C=O) groups excluding carboxylic acids is 2. The van der Waals surface area contributed by atoms with Gasteiger partial charge in [-0.15, -0.1) is 0 Å². The monoisotopic (exact) mass is 844 g/mol. The third-order valence-electron chi connectivity index (χ3n) is 11.6. The smallest absolute Gasteiger partial charge is 0.233 e. The molecule has 15 heteroatoms. The van der Waals surface area contributed by atoms with E-state index in [9.17, 15) is 28.6 Å². The third kappa shape index (κ3) is 8.50. The first kappa shape index (κ1) is 42.1. The van der Waals surface area contributed by atoms with Crippen LogP contribution in [-0.2, 0) is 35.8 Å². The Balaban J connectivity index is 0.952. The van der Waals surface area contributed by atoms with Crippen LogP contribution in [0.15, 0.2) is 97.1 Å². The molecule has 8 rings (SSSR count). The second-order valence-electron chi connectivity index (χ2n) is 16.9. The summed E-state index contributed by atoms with van der Waals surface area (Å²) in [5.74, 6) is 2.19. The molecule has 13 nitrogen and oxygen atoms in total. The van der Waals surface area contributed by atoms with Crippen molar-refractivity contribution in [3.8, 4) is 28.3 Å². The van der Waals surface area contributed by atoms with Crippen molar-refractivity contribution in [1.82, 2.24) is 28.9 Å². The van der Waals surface area contributed by atoms with Crippen molar-refractivity contribution in [2.75, 3.05) is 43.5 Å². The van der Waals surface area contributed by atoms with Crippen molar-refractivity contribution >= 4 is 34.8 Å². The van der Waals surface area contributed by atoms with Crippen LogP contribution >= 0.6 is 0 Å². The van der Waals surface area contributed by atoms with Gasteiger partial charge in [0.1, 0.15) is 58.7 Å². The summed E-state index contributed by atoms with van der Waals surface area (Å²) in [6.07, 6.45) is 0. The molecule has 322 valence electrons. The lowest BCUT2D eigenvalue weighted by molar-refractivity contribution is -0.148. The summed E-state index contributed by atoms with van der Waals surface area (Å²) in [4.78, 5) is 40.6. The van der Waals surface area contributed by atoms with Crippen molar-refractivity contribution in [2.45, 2.75) is 53.9 Å². The van der Waals surface area contributed by atoms with E-state index >= 15 is 0 Å². The molecule has 0 spiro atoms. The van der Waals surface area contributed by atoms with E-state index in [1.54, 1.807) is 34.1 Å². The van der Waals surface area contributed by atoms with Crippen LogP contribution in [0, 0.1) is 29.4 Å². The molecule has 0 saturated heterocycles. The average molecular weight is 845 g/mol. The van der Waals surface area contributed by atoms with E-state index in [4.69, 9.17) is 14.7 Å². The van der Waals surface area contributed by atoms with Gasteiger partial charge in [0.2, 0.25) is 11.8 Å². The fraction of sp³-hybridized carbons (Fsp3) is 0.319. The van der Waals surface area contributed by atoms with Gasteiger partial charge in [-0.2, -0.15) is 0 Å². The van der Waals surface area contributed by atoms with Crippen molar-refractivity contribution in [1.29, 1.82) is 0 Å². The molecule has 2 amide bonds. The summed E-state index contributed by atoms with van der Waals surface area (Å²) >= 11 is 0. The number of ether oxygens (including phenoxy) is 1. The Labute approximate surface area is 358 Å². The van der Waals surface area contributed by atoms with Gasteiger partial charge in [0, 0.05) is 48.7 Å². The SMILES string of the molecule is Cc1ccc(Nc2c(-c3ccc(F)cc3)nc3n2CCN(C(=O)C(C)(C)COc2ccc(Nc4c(-c5ccc(F)cc5)nc5n4CCN(C(=O)C(C)(CO)CO)C5)cc2)C3)cc1. The van der Waals surface area contributed by atoms with Crippen LogP contribution in [0.3, 0.4) is 0 Å². The second kappa shape index (κ2) is 17.1. The maximum Gasteiger partial charge on any atom is 0.233 e. The largest absolute Gasteiger partial charge is 0.492 e. The minimum atomic E-state index is -1.32. The number of aliphatic hydroxyl groups is 2. The van der Waals surface area contributed by atoms with E-state index in [0.29, 0.717) is 67.1 Å². The standard InChI is InChI=1S/C47H50F2N8O5/c1-30-5-15-35(16-6-30)50-42-40(31-7-11-33(48)12-8-31)52-38-25-54(21-23-56(38)42)44(60)46(2,3)29-62-37-19-17-36(18-20-37)51-43-41(32-9-13-34(49)14-10-32)53-39-26-55(22-24-57(39)43)45(61)47(4,27-58)28-59/h5-20,50-51,58-59H,21-29H2,1-4H3. The molecular formula is C47H50F2N8O5. The number of halogens is 2. The third-order valence-corrected chi connectivity index (χ3v) is 11.6. The highest BCUT2D eigenvalue weighted by Gasteiger charge is 2.39. The number of amides is 2. The van der Waals surface area contributed by atoms with Crippen molar-refractivity contribution in [2.24, 2.45) is 10.8 Å². The van der Waals surface area contributed by atoms with Gasteiger partial charge in [-0.3, -0.25) is 9.59 Å². The topological polar surface area (TPSA) is 150 Å². The van der Waals surface area contributed by atoms with Gasteiger partial charge in [0.05, 0.1) is 37.1 Å². The molecule has 0 aliphatic carbocycles. The molecule has 4 N–H and O–H groups in total. The van der Waals surface area contributed by atoms with Crippen LogP contribution in [0.25, 0.3) is 22.5 Å². The first-order valence-electron chi connectivity index (χ1n) is 20.6. The van der Waals surface area contributed by atoms with Crippen LogP contribution < -0.4 is 15.4 Å². The Morgan fingerprint density at radius 1 is 0.645 bits per heavy atom. The molecule has 2 aromatic heterocycles. The lowest BCUT2D eigenvalue weighted by atomic mass is 9.91. The fourth-order valence-corrected chi connectivity index (χ4v) is 7.75. The number of hydrogen-bond donors (Lipinski definition) is 4. The van der Waals surface area contributed by atoms with Crippen LogP contribution in [0.5, 0.6) is 5.75 Å². The Morgan fingerprint density at radius 2 is 1.08 bits per heavy atom. The van der Waals surface area contributed by atoms with Gasteiger partial charge in [0.25, 0.3) is 0 Å². The predicted molar refractivity (Wildman–Crippen MR) is 232 cm³/mol. The first-order chi connectivity index (χ1) is 29.7. The van der Waals surface area contributed by atoms with Crippen molar-refractivity contribution < 1.29 is 33.3 Å². The molecule has 0 radical (unpaired) electrons. The van der Waals surface area contributed by atoms with Crippen LogP contribution in [0.1, 0.15) is 38.0 Å². The number of aromatic nitrogens is 4. The lowest BCUT2D eigenvalue weighted by Crippen LogP contribution is -2.49. The predicted octanol–water partition coefficient (Wildman–Crippen LogP) is 7.27. The number of aliphatic hydroxyl groups excluding tert-OH is 2. The number of rotatable bonds is 13. The number of carbonyl (C=O) groups is 2. The summed E-state index contributed by atoms with van der Waals surface area (Å²) in [5, 5.41) is 26.7. The van der Waals surface area contributed by atoms with Gasteiger partial charge in [-0.25, -0.2) is 18.7 Å². The van der Waals surface area contributed by atoms with Crippen LogP contribution in [-0.4, -0.2) is 83.8 Å². The van der Waals surface area contributed by atoms with Gasteiger partial charge in [0.15, 0.2) is 0 Å². The summed E-state index contributed by atoms with van der Waals surface area (Å²) in [7, 11) is 0. The molecule has 4 heterocycles. The summed E-state index contributed by atoms with van der Waals surface area (Å²) < 4.78 is 38.1. The molecule has 4 aromatic carbocycles. The van der Waals surface area contributed by atoms with Gasteiger partial charge in [-0.05, 0) is 113 Å². The van der Waals surface area contributed by atoms with E-state index in [0.717, 1.165) is 34.1 Å². The zero-order valence-electron chi connectivity index (χ0n) is 35.2. The molecule has 0 bridgehead atoms. The van der Waals surface area contributed by atoms with Crippen LogP contribution in [0.2, 0.25) is 0 Å². The van der Waals surface area contributed by atoms with E-state index in [-0.39, 0.29) is 36.6 Å². The number of imidazole rings is 2. The molecule has 0 saturated carbocycles. The molecule has 62 heavy (non-hydrogen) atoms. The Kier molecular flexibility index (Phi) is 11.6. The van der Waals surface area contributed by atoms with Crippen molar-refractivity contribution in [3.05, 3.63) is 126 Å². The maximum atomic E-state index is 14.1. The minimum absolute atomic E-state index is 0.0714. The Morgan fingerprint density at radius 3 is 1.53 bits per heavy atom. The van der Waals surface area contributed by atoms with E-state index < -0.39 is 24.0 Å². The molecule has 6 aromatic rings. The fourth-order valence-electron chi connectivity index (χ4n) is 7.75. The number of fused-ring (bicyclic) bond motifs is 2. The number of benzene rings is 4. The van der Waals surface area contributed by atoms with Gasteiger partial charge in [-0.1, -0.05) is 17.7 Å². The first-order valence-corrected chi connectivity index (χ1v) is 20.6.